The minimum atomic E-state index is -0.754. The lowest BCUT2D eigenvalue weighted by molar-refractivity contribution is -0.0679. The van der Waals surface area contributed by atoms with Crippen LogP contribution >= 0.6 is 0 Å². The minimum Gasteiger partial charge on any atom is -0.398 e. The average molecular weight is 273 g/mol. The molecule has 0 atom stereocenters. The molecule has 1 aliphatic heterocycles. The third-order valence-electron chi connectivity index (χ3n) is 4.55. The van der Waals surface area contributed by atoms with E-state index in [4.69, 9.17) is 10.5 Å². The van der Waals surface area contributed by atoms with Crippen LogP contribution in [-0.4, -0.2) is 18.3 Å². The van der Waals surface area contributed by atoms with Crippen molar-refractivity contribution in [2.75, 3.05) is 18.9 Å². The Labute approximate surface area is 120 Å². The van der Waals surface area contributed by atoms with Crippen molar-refractivity contribution in [1.82, 2.24) is 0 Å². The molecule has 3 heteroatoms. The van der Waals surface area contributed by atoms with Gasteiger partial charge in [0.25, 0.3) is 0 Å². The second-order valence-electron chi connectivity index (χ2n) is 5.92. The van der Waals surface area contributed by atoms with Crippen LogP contribution in [0.1, 0.15) is 49.7 Å². The molecule has 20 heavy (non-hydrogen) atoms. The summed E-state index contributed by atoms with van der Waals surface area (Å²) in [4.78, 5) is 0. The molecule has 2 aliphatic rings. The highest BCUT2D eigenvalue weighted by molar-refractivity contribution is 5.76. The molecular formula is C17H23NO2. The molecule has 0 unspecified atom stereocenters. The van der Waals surface area contributed by atoms with Crippen molar-refractivity contribution in [2.45, 2.75) is 44.1 Å². The van der Waals surface area contributed by atoms with Crippen LogP contribution in [0.15, 0.2) is 24.3 Å². The maximum atomic E-state index is 10.8. The molecule has 3 N–H and O–H groups in total. The van der Waals surface area contributed by atoms with E-state index >= 15 is 0 Å². The summed E-state index contributed by atoms with van der Waals surface area (Å²) in [5, 5.41) is 10.8. The number of benzene rings is 1. The van der Waals surface area contributed by atoms with Gasteiger partial charge in [-0.1, -0.05) is 12.1 Å². The fraction of sp³-hybridized carbons (Fsp3) is 0.529. The van der Waals surface area contributed by atoms with E-state index in [1.54, 1.807) is 0 Å². The van der Waals surface area contributed by atoms with Gasteiger partial charge in [-0.3, -0.25) is 0 Å². The largest absolute Gasteiger partial charge is 0.398 e. The molecule has 0 saturated carbocycles. The van der Waals surface area contributed by atoms with Crippen LogP contribution < -0.4 is 5.73 Å². The molecule has 3 nitrogen and oxygen atoms in total. The van der Waals surface area contributed by atoms with Gasteiger partial charge >= 0.3 is 0 Å². The molecule has 0 spiro atoms. The van der Waals surface area contributed by atoms with E-state index in [0.29, 0.717) is 26.1 Å². The lowest BCUT2D eigenvalue weighted by atomic mass is 9.83. The highest BCUT2D eigenvalue weighted by atomic mass is 16.5. The molecule has 1 saturated heterocycles. The van der Waals surface area contributed by atoms with Gasteiger partial charge in [-0.2, -0.15) is 0 Å². The molecule has 0 aromatic heterocycles. The van der Waals surface area contributed by atoms with Crippen molar-refractivity contribution in [3.63, 3.8) is 0 Å². The number of ether oxygens (including phenoxy) is 1. The third kappa shape index (κ3) is 2.60. The predicted molar refractivity (Wildman–Crippen MR) is 81.2 cm³/mol. The normalized spacial score (nSPS) is 22.4. The summed E-state index contributed by atoms with van der Waals surface area (Å²) < 4.78 is 5.36. The van der Waals surface area contributed by atoms with Gasteiger partial charge in [0.2, 0.25) is 0 Å². The monoisotopic (exact) mass is 273 g/mol. The molecule has 108 valence electrons. The van der Waals surface area contributed by atoms with Gasteiger partial charge in [0.15, 0.2) is 0 Å². The maximum absolute atomic E-state index is 10.8. The van der Waals surface area contributed by atoms with E-state index in [9.17, 15) is 5.11 Å². The van der Waals surface area contributed by atoms with E-state index < -0.39 is 5.60 Å². The molecule has 3 rings (SSSR count). The van der Waals surface area contributed by atoms with Crippen molar-refractivity contribution in [2.24, 2.45) is 0 Å². The Morgan fingerprint density at radius 3 is 2.65 bits per heavy atom. The Kier molecular flexibility index (Phi) is 3.81. The fourth-order valence-corrected chi connectivity index (χ4v) is 3.20. The third-order valence-corrected chi connectivity index (χ3v) is 4.55. The van der Waals surface area contributed by atoms with Crippen LogP contribution in [0.5, 0.6) is 0 Å². The van der Waals surface area contributed by atoms with Crippen molar-refractivity contribution < 1.29 is 9.84 Å². The van der Waals surface area contributed by atoms with Crippen LogP contribution in [0.2, 0.25) is 0 Å². The summed E-state index contributed by atoms with van der Waals surface area (Å²) >= 11 is 0. The van der Waals surface area contributed by atoms with Gasteiger partial charge in [-0.25, -0.2) is 0 Å². The summed E-state index contributed by atoms with van der Waals surface area (Å²) in [5.74, 6) is 0. The number of hydrogen-bond donors (Lipinski definition) is 2. The number of anilines is 1. The van der Waals surface area contributed by atoms with Crippen molar-refractivity contribution in [3.8, 4) is 0 Å². The fourth-order valence-electron chi connectivity index (χ4n) is 3.20. The number of nitrogen functional groups attached to an aromatic ring is 1. The molecule has 1 fully saturated rings. The van der Waals surface area contributed by atoms with Crippen LogP contribution in [-0.2, 0) is 10.3 Å². The van der Waals surface area contributed by atoms with Gasteiger partial charge in [-0.15, -0.1) is 0 Å². The first kappa shape index (κ1) is 13.7. The Balaban J connectivity index is 1.95. The molecule has 1 aromatic rings. The second kappa shape index (κ2) is 5.58. The molecule has 0 radical (unpaired) electrons. The molecule has 0 bridgehead atoms. The van der Waals surface area contributed by atoms with Crippen molar-refractivity contribution in [3.05, 3.63) is 35.4 Å². The molecule has 0 amide bonds. The summed E-state index contributed by atoms with van der Waals surface area (Å²) in [6.07, 6.45) is 8.35. The van der Waals surface area contributed by atoms with E-state index in [-0.39, 0.29) is 0 Å². The van der Waals surface area contributed by atoms with Gasteiger partial charge in [0.05, 0.1) is 5.60 Å². The number of allylic oxidation sites excluding steroid dienone is 2. The van der Waals surface area contributed by atoms with Gasteiger partial charge in [0.1, 0.15) is 0 Å². The maximum Gasteiger partial charge on any atom is 0.0940 e. The smallest absolute Gasteiger partial charge is 0.0940 e. The van der Waals surface area contributed by atoms with E-state index in [1.807, 2.05) is 12.1 Å². The Morgan fingerprint density at radius 2 is 1.95 bits per heavy atom. The van der Waals surface area contributed by atoms with Crippen LogP contribution in [0.3, 0.4) is 0 Å². The highest BCUT2D eigenvalue weighted by Gasteiger charge is 2.32. The summed E-state index contributed by atoms with van der Waals surface area (Å²) in [5.41, 5.74) is 9.64. The molecular weight excluding hydrogens is 250 g/mol. The molecule has 1 aromatic carbocycles. The zero-order chi connectivity index (χ0) is 14.0. The second-order valence-corrected chi connectivity index (χ2v) is 5.92. The number of aliphatic hydroxyl groups is 1. The average Bonchev–Trinajstić information content (AvgIpc) is 2.49. The minimum absolute atomic E-state index is 0.624. The number of rotatable bonds is 2. The summed E-state index contributed by atoms with van der Waals surface area (Å²) in [7, 11) is 0. The van der Waals surface area contributed by atoms with Crippen LogP contribution in [0.4, 0.5) is 5.69 Å². The summed E-state index contributed by atoms with van der Waals surface area (Å²) in [6.45, 7) is 1.25. The lowest BCUT2D eigenvalue weighted by Crippen LogP contribution is -2.33. The van der Waals surface area contributed by atoms with Gasteiger partial charge in [0, 0.05) is 37.3 Å². The van der Waals surface area contributed by atoms with Gasteiger partial charge < -0.3 is 15.6 Å². The van der Waals surface area contributed by atoms with Crippen molar-refractivity contribution >= 4 is 11.3 Å². The molecule has 1 heterocycles. The first-order chi connectivity index (χ1) is 9.69. The molecule has 1 aliphatic carbocycles. The first-order valence-electron chi connectivity index (χ1n) is 7.59. The topological polar surface area (TPSA) is 55.5 Å². The zero-order valence-electron chi connectivity index (χ0n) is 11.9. The SMILES string of the molecule is Nc1ccc(C2(O)CCOCC2)cc1C1=CCCCC1. The summed E-state index contributed by atoms with van der Waals surface area (Å²) in [6, 6.07) is 6.00. The number of hydrogen-bond acceptors (Lipinski definition) is 3. The Morgan fingerprint density at radius 1 is 1.15 bits per heavy atom. The van der Waals surface area contributed by atoms with E-state index in [0.717, 1.165) is 29.7 Å². The van der Waals surface area contributed by atoms with E-state index in [2.05, 4.69) is 12.1 Å². The highest BCUT2D eigenvalue weighted by Crippen LogP contribution is 2.37. The van der Waals surface area contributed by atoms with E-state index in [1.165, 1.54) is 18.4 Å². The standard InChI is InChI=1S/C17H23NO2/c18-16-7-6-14(17(19)8-10-20-11-9-17)12-15(16)13-4-2-1-3-5-13/h4,6-7,12,19H,1-3,5,8-11,18H2. The van der Waals surface area contributed by atoms with Crippen LogP contribution in [0, 0.1) is 0 Å². The van der Waals surface area contributed by atoms with Crippen LogP contribution in [0.25, 0.3) is 5.57 Å². The first-order valence-corrected chi connectivity index (χ1v) is 7.59. The Hall–Kier alpha value is -1.32. The number of nitrogens with two attached hydrogens (primary N) is 1. The van der Waals surface area contributed by atoms with Gasteiger partial charge in [-0.05, 0) is 49.0 Å². The Bertz CT molecular complexity index is 516. The zero-order valence-corrected chi connectivity index (χ0v) is 11.9. The quantitative estimate of drug-likeness (QED) is 0.813. The predicted octanol–water partition coefficient (Wildman–Crippen LogP) is 3.22. The van der Waals surface area contributed by atoms with Crippen molar-refractivity contribution in [1.29, 1.82) is 0 Å². The lowest BCUT2D eigenvalue weighted by Gasteiger charge is -2.33.